The molecule has 4 rings (SSSR count). The molecule has 0 aliphatic carbocycles. The van der Waals surface area contributed by atoms with Gasteiger partial charge in [-0.25, -0.2) is 19.7 Å². The molecule has 1 fully saturated rings. The summed E-state index contributed by atoms with van der Waals surface area (Å²) in [5.41, 5.74) is 0.928. The van der Waals surface area contributed by atoms with Gasteiger partial charge in [0.25, 0.3) is 10.1 Å². The van der Waals surface area contributed by atoms with Crippen LogP contribution >= 0.6 is 11.6 Å². The van der Waals surface area contributed by atoms with Crippen LogP contribution in [0.5, 0.6) is 0 Å². The van der Waals surface area contributed by atoms with E-state index in [4.69, 9.17) is 25.4 Å². The predicted octanol–water partition coefficient (Wildman–Crippen LogP) is 3.00. The number of likely N-dealkylation sites (tertiary alicyclic amines) is 1. The van der Waals surface area contributed by atoms with Crippen molar-refractivity contribution in [1.29, 1.82) is 0 Å². The lowest BCUT2D eigenvalue weighted by Gasteiger charge is -2.28. The molecule has 0 radical (unpaired) electrons. The first-order valence-corrected chi connectivity index (χ1v) is 12.7. The van der Waals surface area contributed by atoms with Crippen LogP contribution in [0.3, 0.4) is 0 Å². The molecule has 3 heterocycles. The molecule has 1 aromatic carbocycles. The second-order valence-electron chi connectivity index (χ2n) is 9.21. The molecule has 35 heavy (non-hydrogen) atoms. The van der Waals surface area contributed by atoms with Crippen molar-refractivity contribution >= 4 is 39.0 Å². The summed E-state index contributed by atoms with van der Waals surface area (Å²) >= 11 is 6.04. The molecule has 13 heteroatoms. The largest absolute Gasteiger partial charge is 0.444 e. The highest BCUT2D eigenvalue weighted by molar-refractivity contribution is 7.86. The number of ether oxygens (including phenoxy) is 1. The topological polar surface area (TPSA) is 126 Å². The zero-order valence-corrected chi connectivity index (χ0v) is 21.3. The molecule has 2 unspecified atom stereocenters. The van der Waals surface area contributed by atoms with Crippen molar-refractivity contribution < 1.29 is 27.0 Å². The Morgan fingerprint density at radius 3 is 2.57 bits per heavy atom. The van der Waals surface area contributed by atoms with Crippen LogP contribution in [0.2, 0.25) is 5.15 Å². The molecule has 0 spiro atoms. The van der Waals surface area contributed by atoms with Crippen molar-refractivity contribution in [3.63, 3.8) is 0 Å². The lowest BCUT2D eigenvalue weighted by molar-refractivity contribution is 0.00894. The Bertz CT molecular complexity index is 1320. The molecule has 2 atom stereocenters. The second kappa shape index (κ2) is 9.59. The predicted molar refractivity (Wildman–Crippen MR) is 126 cm³/mol. The van der Waals surface area contributed by atoms with Crippen molar-refractivity contribution in [2.24, 2.45) is 0 Å². The van der Waals surface area contributed by atoms with E-state index in [1.807, 2.05) is 6.92 Å². The maximum Gasteiger partial charge on any atom is 0.410 e. The Kier molecular flexibility index (Phi) is 6.89. The van der Waals surface area contributed by atoms with E-state index in [0.717, 1.165) is 5.56 Å². The standard InChI is InChI=1S/C22H26ClN5O6S/c1-14-5-7-17(8-6-14)35(30,31)34-16-9-15(27(10-16)21(29)33-22(2,3)4)11-32-28-13-26-18-19(23)24-12-25-20(18)28/h5-8,12-13,15-16H,9-11H2,1-4H3. The highest BCUT2D eigenvalue weighted by Gasteiger charge is 2.41. The number of nitrogens with zero attached hydrogens (tertiary/aromatic N) is 5. The zero-order valence-electron chi connectivity index (χ0n) is 19.7. The van der Waals surface area contributed by atoms with E-state index in [1.165, 1.54) is 34.4 Å². The number of carbonyl (C=O) groups excluding carboxylic acids is 1. The fourth-order valence-corrected chi connectivity index (χ4v) is 4.89. The minimum atomic E-state index is -4.03. The average molecular weight is 524 g/mol. The molecule has 0 saturated carbocycles. The highest BCUT2D eigenvalue weighted by Crippen LogP contribution is 2.27. The first kappa shape index (κ1) is 25.1. The summed E-state index contributed by atoms with van der Waals surface area (Å²) in [4.78, 5) is 32.3. The molecule has 3 aromatic rings. The molecule has 11 nitrogen and oxygen atoms in total. The summed E-state index contributed by atoms with van der Waals surface area (Å²) in [5.74, 6) is 0. The number of hydrogen-bond acceptors (Lipinski definition) is 9. The van der Waals surface area contributed by atoms with Gasteiger partial charge in [0.1, 0.15) is 30.4 Å². The van der Waals surface area contributed by atoms with Crippen molar-refractivity contribution in [3.8, 4) is 0 Å². The molecule has 1 saturated heterocycles. The van der Waals surface area contributed by atoms with Gasteiger partial charge in [0.05, 0.1) is 23.6 Å². The van der Waals surface area contributed by atoms with E-state index in [2.05, 4.69) is 15.0 Å². The van der Waals surface area contributed by atoms with E-state index in [1.54, 1.807) is 32.9 Å². The average Bonchev–Trinajstić information content (AvgIpc) is 3.36. The summed E-state index contributed by atoms with van der Waals surface area (Å²) in [7, 11) is -4.03. The number of hydrogen-bond donors (Lipinski definition) is 0. The van der Waals surface area contributed by atoms with Gasteiger partial charge < -0.3 is 9.57 Å². The van der Waals surface area contributed by atoms with Gasteiger partial charge in [0.2, 0.25) is 5.65 Å². The van der Waals surface area contributed by atoms with Crippen molar-refractivity contribution in [1.82, 2.24) is 24.6 Å². The molecule has 1 aliphatic heterocycles. The fourth-order valence-electron chi connectivity index (χ4n) is 3.63. The molecular formula is C22H26ClN5O6S. The third-order valence-electron chi connectivity index (χ3n) is 5.24. The molecule has 1 aliphatic rings. The van der Waals surface area contributed by atoms with Gasteiger partial charge in [-0.3, -0.25) is 9.08 Å². The number of benzene rings is 1. The number of amides is 1. The minimum Gasteiger partial charge on any atom is -0.444 e. The number of rotatable bonds is 6. The molecular weight excluding hydrogens is 498 g/mol. The van der Waals surface area contributed by atoms with Crippen molar-refractivity contribution in [2.75, 3.05) is 13.2 Å². The fraction of sp³-hybridized carbons (Fsp3) is 0.455. The van der Waals surface area contributed by atoms with Crippen LogP contribution in [-0.2, 0) is 19.0 Å². The van der Waals surface area contributed by atoms with Crippen molar-refractivity contribution in [2.45, 2.75) is 56.8 Å². The van der Waals surface area contributed by atoms with Crippen LogP contribution < -0.4 is 4.84 Å². The smallest absolute Gasteiger partial charge is 0.410 e. The molecule has 0 bridgehead atoms. The highest BCUT2D eigenvalue weighted by atomic mass is 35.5. The molecule has 188 valence electrons. The van der Waals surface area contributed by atoms with E-state index < -0.39 is 34.0 Å². The first-order valence-electron chi connectivity index (χ1n) is 10.9. The van der Waals surface area contributed by atoms with Gasteiger partial charge in [-0.15, -0.1) is 0 Å². The van der Waals surface area contributed by atoms with Gasteiger partial charge in [-0.1, -0.05) is 29.3 Å². The summed E-state index contributed by atoms with van der Waals surface area (Å²) in [6.07, 6.45) is 1.53. The van der Waals surface area contributed by atoms with Crippen LogP contribution in [0.1, 0.15) is 32.8 Å². The summed E-state index contributed by atoms with van der Waals surface area (Å²) < 4.78 is 38.0. The number of aryl methyl sites for hydroxylation is 1. The normalized spacial score (nSPS) is 18.7. The lowest BCUT2D eigenvalue weighted by Crippen LogP contribution is -2.43. The van der Waals surface area contributed by atoms with E-state index >= 15 is 0 Å². The summed E-state index contributed by atoms with van der Waals surface area (Å²) in [6, 6.07) is 5.84. The molecule has 1 amide bonds. The quantitative estimate of drug-likeness (QED) is 0.354. The summed E-state index contributed by atoms with van der Waals surface area (Å²) in [5, 5.41) is 0.184. The van der Waals surface area contributed by atoms with E-state index in [9.17, 15) is 13.2 Å². The Morgan fingerprint density at radius 1 is 1.17 bits per heavy atom. The van der Waals surface area contributed by atoms with Gasteiger partial charge in [-0.05, 0) is 39.8 Å². The van der Waals surface area contributed by atoms with Crippen LogP contribution in [0.25, 0.3) is 11.2 Å². The Labute approximate surface area is 208 Å². The maximum absolute atomic E-state index is 12.9. The number of carbonyl (C=O) groups is 1. The zero-order chi connectivity index (χ0) is 25.4. The van der Waals surface area contributed by atoms with Gasteiger partial charge in [0, 0.05) is 6.42 Å². The van der Waals surface area contributed by atoms with Gasteiger partial charge >= 0.3 is 6.09 Å². The molecule has 2 aromatic heterocycles. The number of halogens is 1. The van der Waals surface area contributed by atoms with Crippen LogP contribution in [-0.4, -0.2) is 70.0 Å². The molecule has 0 N–H and O–H groups in total. The Hall–Kier alpha value is -2.96. The number of aromatic nitrogens is 4. The van der Waals surface area contributed by atoms with E-state index in [0.29, 0.717) is 11.2 Å². The van der Waals surface area contributed by atoms with E-state index in [-0.39, 0.29) is 29.6 Å². The lowest BCUT2D eigenvalue weighted by atomic mass is 10.2. The van der Waals surface area contributed by atoms with Crippen LogP contribution in [0.4, 0.5) is 4.79 Å². The minimum absolute atomic E-state index is 0.0107. The third kappa shape index (κ3) is 5.82. The third-order valence-corrected chi connectivity index (χ3v) is 6.89. The van der Waals surface area contributed by atoms with Gasteiger partial charge in [-0.2, -0.15) is 13.1 Å². The Morgan fingerprint density at radius 2 is 1.89 bits per heavy atom. The van der Waals surface area contributed by atoms with Crippen molar-refractivity contribution in [3.05, 3.63) is 47.6 Å². The number of imidazole rings is 1. The van der Waals surface area contributed by atoms with Gasteiger partial charge in [0.15, 0.2) is 5.15 Å². The van der Waals surface area contributed by atoms with Crippen LogP contribution in [0, 0.1) is 6.92 Å². The Balaban J connectivity index is 1.51. The SMILES string of the molecule is Cc1ccc(S(=O)(=O)OC2CC(COn3cnc4c(Cl)ncnc43)N(C(=O)OC(C)(C)C)C2)cc1. The second-order valence-corrected chi connectivity index (χ2v) is 11.1. The number of fused-ring (bicyclic) bond motifs is 1. The first-order chi connectivity index (χ1) is 16.4. The maximum atomic E-state index is 12.9. The summed E-state index contributed by atoms with van der Waals surface area (Å²) in [6.45, 7) is 7.15. The van der Waals surface area contributed by atoms with Crippen LogP contribution in [0.15, 0.2) is 41.8 Å². The monoisotopic (exact) mass is 523 g/mol.